The summed E-state index contributed by atoms with van der Waals surface area (Å²) < 4.78 is 6.61. The maximum Gasteiger partial charge on any atom is 0.129 e. The van der Waals surface area contributed by atoms with E-state index in [1.54, 1.807) is 6.20 Å². The Hall–Kier alpha value is -0.360. The quantitative estimate of drug-likeness (QED) is 0.501. The third-order valence-electron chi connectivity index (χ3n) is 0.331. The second-order valence-electron chi connectivity index (χ2n) is 0.660. The Morgan fingerprint density at radius 2 is 2.80 bits per heavy atom. The first-order valence-corrected chi connectivity index (χ1v) is 2.15. The summed E-state index contributed by atoms with van der Waals surface area (Å²) in [6, 6.07) is 0. The molecule has 0 aliphatic carbocycles. The van der Waals surface area contributed by atoms with E-state index in [4.69, 9.17) is 0 Å². The molecule has 0 saturated carbocycles. The van der Waals surface area contributed by atoms with Crippen LogP contribution >= 0.6 is 8.51 Å². The summed E-state index contributed by atoms with van der Waals surface area (Å²) in [5.74, 6) is 0. The van der Waals surface area contributed by atoms with Crippen molar-refractivity contribution in [1.82, 2.24) is 9.49 Å². The predicted molar refractivity (Wildman–Crippen MR) is 21.1 cm³/mol. The monoisotopic (exact) mass is 86.0 g/mol. The van der Waals surface area contributed by atoms with E-state index >= 15 is 0 Å². The van der Waals surface area contributed by atoms with Crippen molar-refractivity contribution < 1.29 is 0 Å². The number of nitrogens with zero attached hydrogens (tertiary/aromatic N) is 1. The fourth-order valence-electron chi connectivity index (χ4n) is 0.167. The van der Waals surface area contributed by atoms with Gasteiger partial charge in [-0.1, -0.05) is 0 Å². The second kappa shape index (κ2) is 1.18. The van der Waals surface area contributed by atoms with Crippen molar-refractivity contribution in [3.63, 3.8) is 0 Å². The van der Waals surface area contributed by atoms with Crippen molar-refractivity contribution in [2.24, 2.45) is 0 Å². The minimum Gasteiger partial charge on any atom is -0.328 e. The van der Waals surface area contributed by atoms with E-state index in [1.165, 1.54) is 0 Å². The third-order valence-corrected chi connectivity index (χ3v) is 0.845. The van der Waals surface area contributed by atoms with Crippen molar-refractivity contribution in [2.45, 2.75) is 0 Å². The minimum atomic E-state index is 0.955. The van der Waals surface area contributed by atoms with Crippen molar-refractivity contribution >= 4 is 8.51 Å². The number of rotatable bonds is 0. The Bertz CT molecular complexity index is 64.1. The predicted octanol–water partition coefficient (Wildman–Crippen LogP) is 0.990. The number of hydrogen-bond acceptors (Lipinski definition) is 1. The van der Waals surface area contributed by atoms with Gasteiger partial charge in [-0.25, -0.2) is 4.75 Å². The zero-order valence-electron chi connectivity index (χ0n) is 2.55. The van der Waals surface area contributed by atoms with Crippen molar-refractivity contribution in [3.8, 4) is 0 Å². The average Bonchev–Trinajstić information content (AvgIpc) is 1.76. The van der Waals surface area contributed by atoms with E-state index in [0.717, 1.165) is 8.51 Å². The smallest absolute Gasteiger partial charge is 0.129 e. The summed E-state index contributed by atoms with van der Waals surface area (Å²) in [5.41, 5.74) is 0. The SMILES string of the molecule is c1c[nH]pn1. The lowest BCUT2D eigenvalue weighted by atomic mass is 11.0. The van der Waals surface area contributed by atoms with Crippen LogP contribution in [0.25, 0.3) is 0 Å². The summed E-state index contributed by atoms with van der Waals surface area (Å²) in [6.07, 6.45) is 3.54. The van der Waals surface area contributed by atoms with Gasteiger partial charge in [0.25, 0.3) is 0 Å². The molecule has 2 nitrogen and oxygen atoms in total. The van der Waals surface area contributed by atoms with Crippen molar-refractivity contribution in [3.05, 3.63) is 12.4 Å². The average molecular weight is 86.0 g/mol. The highest BCUT2D eigenvalue weighted by atomic mass is 31.1. The van der Waals surface area contributed by atoms with Crippen LogP contribution in [0.2, 0.25) is 0 Å². The Labute approximate surface area is 31.5 Å². The molecule has 0 bridgehead atoms. The normalized spacial score (nSPS) is 8.00. The van der Waals surface area contributed by atoms with E-state index in [-0.39, 0.29) is 0 Å². The number of H-pyrrole nitrogens is 1. The largest absolute Gasteiger partial charge is 0.328 e. The van der Waals surface area contributed by atoms with Crippen LogP contribution in [-0.2, 0) is 0 Å². The van der Waals surface area contributed by atoms with Crippen LogP contribution in [0.4, 0.5) is 0 Å². The first-order chi connectivity index (χ1) is 2.50. The van der Waals surface area contributed by atoms with Gasteiger partial charge < -0.3 is 4.75 Å². The highest BCUT2D eigenvalue weighted by molar-refractivity contribution is 7.20. The van der Waals surface area contributed by atoms with Crippen LogP contribution in [0, 0.1) is 0 Å². The molecular weight excluding hydrogens is 83.0 g/mol. The lowest BCUT2D eigenvalue weighted by molar-refractivity contribution is 1.53. The maximum absolute atomic E-state index is 3.76. The van der Waals surface area contributed by atoms with Crippen LogP contribution in [0.15, 0.2) is 12.4 Å². The molecule has 0 aliphatic rings. The van der Waals surface area contributed by atoms with Crippen LogP contribution in [-0.4, -0.2) is 9.49 Å². The molecule has 0 amide bonds. The van der Waals surface area contributed by atoms with Gasteiger partial charge in [0.1, 0.15) is 8.51 Å². The van der Waals surface area contributed by atoms with Crippen LogP contribution in [0.1, 0.15) is 0 Å². The molecule has 1 N–H and O–H groups in total. The summed E-state index contributed by atoms with van der Waals surface area (Å²) >= 11 is 0. The molecule has 1 aromatic heterocycles. The molecule has 1 rings (SSSR count). The van der Waals surface area contributed by atoms with Gasteiger partial charge in [0.05, 0.1) is 0 Å². The van der Waals surface area contributed by atoms with Gasteiger partial charge in [0, 0.05) is 12.4 Å². The van der Waals surface area contributed by atoms with E-state index in [0.29, 0.717) is 0 Å². The topological polar surface area (TPSA) is 28.7 Å². The Morgan fingerprint density at radius 1 is 1.80 bits per heavy atom. The summed E-state index contributed by atoms with van der Waals surface area (Å²) in [7, 11) is 0.955. The van der Waals surface area contributed by atoms with E-state index in [9.17, 15) is 0 Å². The summed E-state index contributed by atoms with van der Waals surface area (Å²) in [6.45, 7) is 0. The Balaban J connectivity index is 3.13. The van der Waals surface area contributed by atoms with Crippen LogP contribution in [0.3, 0.4) is 0 Å². The van der Waals surface area contributed by atoms with Gasteiger partial charge in [-0.15, -0.1) is 0 Å². The minimum absolute atomic E-state index is 0.955. The van der Waals surface area contributed by atoms with E-state index in [2.05, 4.69) is 9.49 Å². The van der Waals surface area contributed by atoms with Gasteiger partial charge in [-0.05, 0) is 0 Å². The first-order valence-electron chi connectivity index (χ1n) is 1.30. The van der Waals surface area contributed by atoms with Crippen LogP contribution < -0.4 is 0 Å². The van der Waals surface area contributed by atoms with Gasteiger partial charge in [0.2, 0.25) is 0 Å². The van der Waals surface area contributed by atoms with Crippen molar-refractivity contribution in [2.75, 3.05) is 0 Å². The van der Waals surface area contributed by atoms with Gasteiger partial charge in [-0.2, -0.15) is 0 Å². The molecule has 5 heavy (non-hydrogen) atoms. The fourth-order valence-corrected chi connectivity index (χ4v) is 0.500. The number of aromatic nitrogens is 2. The molecule has 0 spiro atoms. The standard InChI is InChI=1S/C2H3N2P/c1-2-4-5-3-1/h1-2H,(H,3,4). The van der Waals surface area contributed by atoms with Gasteiger partial charge in [0.15, 0.2) is 0 Å². The fraction of sp³-hybridized carbons (Fsp3) is 0. The molecule has 3 heteroatoms. The van der Waals surface area contributed by atoms with E-state index in [1.807, 2.05) is 6.20 Å². The molecule has 0 aliphatic heterocycles. The highest BCUT2D eigenvalue weighted by Crippen LogP contribution is 1.83. The summed E-state index contributed by atoms with van der Waals surface area (Å²) in [4.78, 5) is 0. The molecule has 0 aromatic carbocycles. The first kappa shape index (κ1) is 2.86. The number of nitrogens with one attached hydrogen (secondary N) is 1. The molecular formula is C2H3N2P. The molecule has 0 saturated heterocycles. The number of hydrogen-bond donors (Lipinski definition) is 1. The summed E-state index contributed by atoms with van der Waals surface area (Å²) in [5, 5.41) is 0. The zero-order chi connectivity index (χ0) is 3.54. The zero-order valence-corrected chi connectivity index (χ0v) is 3.44. The molecule has 26 valence electrons. The Kier molecular flexibility index (Phi) is 0.673. The van der Waals surface area contributed by atoms with Gasteiger partial charge in [-0.3, -0.25) is 0 Å². The molecule has 0 radical (unpaired) electrons. The highest BCUT2D eigenvalue weighted by Gasteiger charge is 1.58. The number of aromatic amines is 1. The van der Waals surface area contributed by atoms with E-state index < -0.39 is 0 Å². The molecule has 1 heterocycles. The molecule has 0 fully saturated rings. The lowest BCUT2D eigenvalue weighted by Gasteiger charge is -1.44. The second-order valence-corrected chi connectivity index (χ2v) is 1.35. The molecule has 0 unspecified atom stereocenters. The van der Waals surface area contributed by atoms with Crippen molar-refractivity contribution in [1.29, 1.82) is 0 Å². The molecule has 0 atom stereocenters. The third kappa shape index (κ3) is 0.455. The van der Waals surface area contributed by atoms with Crippen LogP contribution in [0.5, 0.6) is 0 Å². The Morgan fingerprint density at radius 3 is 3.00 bits per heavy atom. The lowest BCUT2D eigenvalue weighted by Crippen LogP contribution is -1.32. The molecule has 1 aromatic rings. The van der Waals surface area contributed by atoms with Gasteiger partial charge >= 0.3 is 0 Å². The maximum atomic E-state index is 3.76.